The van der Waals surface area contributed by atoms with E-state index in [-0.39, 0.29) is 6.42 Å². The molecule has 96 valence electrons. The number of rotatable bonds is 0. The largest absolute Gasteiger partial charge is 0.418 e. The average molecular weight is 248 g/mol. The van der Waals surface area contributed by atoms with Gasteiger partial charge in [-0.3, -0.25) is 9.59 Å². The number of ether oxygens (including phenoxy) is 2. The second-order valence-electron chi connectivity index (χ2n) is 5.22. The van der Waals surface area contributed by atoms with Gasteiger partial charge in [0.1, 0.15) is 6.42 Å². The van der Waals surface area contributed by atoms with E-state index in [0.717, 1.165) is 25.7 Å². The van der Waals surface area contributed by atoms with Crippen molar-refractivity contribution in [1.82, 2.24) is 0 Å². The monoisotopic (exact) mass is 248 g/mol. The zero-order valence-electron chi connectivity index (χ0n) is 10.5. The molecule has 0 bridgehead atoms. The quantitative estimate of drug-likeness (QED) is 0.488. The molecule has 4 nitrogen and oxygen atoms in total. The van der Waals surface area contributed by atoms with E-state index < -0.39 is 17.7 Å². The van der Waals surface area contributed by atoms with Crippen molar-refractivity contribution in [3.63, 3.8) is 0 Å². The standard InChI is InChI=1S/C14H16O4/c1-9-3-2-4-10-8-14(6-5-11(9)10)17-12(15)7-13(16)18-14/h8H,2-7H2,1H3. The van der Waals surface area contributed by atoms with E-state index in [1.807, 2.05) is 6.08 Å². The molecule has 3 aliphatic rings. The first-order valence-corrected chi connectivity index (χ1v) is 6.42. The highest BCUT2D eigenvalue weighted by atomic mass is 16.7. The van der Waals surface area contributed by atoms with Crippen molar-refractivity contribution in [2.75, 3.05) is 0 Å². The van der Waals surface area contributed by atoms with Crippen molar-refractivity contribution in [3.05, 3.63) is 22.8 Å². The topological polar surface area (TPSA) is 52.6 Å². The maximum atomic E-state index is 11.4. The summed E-state index contributed by atoms with van der Waals surface area (Å²) in [5, 5.41) is 0. The fourth-order valence-electron chi connectivity index (χ4n) is 3.05. The molecule has 1 spiro atoms. The molecular weight excluding hydrogens is 232 g/mol. The van der Waals surface area contributed by atoms with Crippen molar-refractivity contribution in [3.8, 4) is 0 Å². The van der Waals surface area contributed by atoms with Crippen LogP contribution >= 0.6 is 0 Å². The number of hydrogen-bond donors (Lipinski definition) is 0. The number of esters is 2. The predicted molar refractivity (Wildman–Crippen MR) is 63.4 cm³/mol. The summed E-state index contributed by atoms with van der Waals surface area (Å²) >= 11 is 0. The van der Waals surface area contributed by atoms with Gasteiger partial charge in [0.25, 0.3) is 5.79 Å². The van der Waals surface area contributed by atoms with Crippen LogP contribution in [0.3, 0.4) is 0 Å². The molecular formula is C14H16O4. The summed E-state index contributed by atoms with van der Waals surface area (Å²) in [5.74, 6) is -2.09. The SMILES string of the molecule is CC1=C2CCC3(C=C2CCC1)OC(=O)CC(=O)O3. The Bertz CT molecular complexity index is 468. The average Bonchev–Trinajstić information content (AvgIpc) is 2.27. The van der Waals surface area contributed by atoms with E-state index in [9.17, 15) is 9.59 Å². The smallest absolute Gasteiger partial charge is 0.320 e. The zero-order chi connectivity index (χ0) is 12.8. The number of carbonyl (C=O) groups excluding carboxylic acids is 2. The second kappa shape index (κ2) is 3.97. The van der Waals surface area contributed by atoms with Crippen molar-refractivity contribution >= 4 is 11.9 Å². The fourth-order valence-corrected chi connectivity index (χ4v) is 3.05. The van der Waals surface area contributed by atoms with Gasteiger partial charge >= 0.3 is 11.9 Å². The Kier molecular flexibility index (Phi) is 2.54. The third-order valence-corrected chi connectivity index (χ3v) is 3.88. The third kappa shape index (κ3) is 1.85. The van der Waals surface area contributed by atoms with Crippen LogP contribution in [0.2, 0.25) is 0 Å². The van der Waals surface area contributed by atoms with Gasteiger partial charge in [0, 0.05) is 12.5 Å². The van der Waals surface area contributed by atoms with E-state index in [1.165, 1.54) is 16.7 Å². The van der Waals surface area contributed by atoms with Gasteiger partial charge in [-0.15, -0.1) is 0 Å². The molecule has 1 fully saturated rings. The molecule has 1 heterocycles. The number of fused-ring (bicyclic) bond motifs is 1. The summed E-state index contributed by atoms with van der Waals surface area (Å²) in [5.41, 5.74) is 3.97. The molecule has 0 N–H and O–H groups in total. The maximum absolute atomic E-state index is 11.4. The van der Waals surface area contributed by atoms with Crippen molar-refractivity contribution < 1.29 is 19.1 Å². The lowest BCUT2D eigenvalue weighted by molar-refractivity contribution is -0.229. The van der Waals surface area contributed by atoms with E-state index in [0.29, 0.717) is 6.42 Å². The van der Waals surface area contributed by atoms with Gasteiger partial charge in [-0.1, -0.05) is 5.57 Å². The van der Waals surface area contributed by atoms with Gasteiger partial charge in [-0.05, 0) is 43.8 Å². The first-order valence-electron chi connectivity index (χ1n) is 6.42. The van der Waals surface area contributed by atoms with Crippen LogP contribution in [0, 0.1) is 0 Å². The van der Waals surface area contributed by atoms with Crippen molar-refractivity contribution in [2.24, 2.45) is 0 Å². The number of allylic oxidation sites excluding steroid dienone is 3. The predicted octanol–water partition coefficient (Wildman–Crippen LogP) is 2.39. The normalized spacial score (nSPS) is 26.4. The van der Waals surface area contributed by atoms with Crippen molar-refractivity contribution in [1.29, 1.82) is 0 Å². The summed E-state index contributed by atoms with van der Waals surface area (Å²) in [6.07, 6.45) is 6.16. The molecule has 0 aromatic carbocycles. The molecule has 0 unspecified atom stereocenters. The Balaban J connectivity index is 1.97. The van der Waals surface area contributed by atoms with Gasteiger partial charge in [-0.25, -0.2) is 0 Å². The molecule has 0 radical (unpaired) electrons. The van der Waals surface area contributed by atoms with E-state index in [2.05, 4.69) is 6.92 Å². The Morgan fingerprint density at radius 3 is 2.56 bits per heavy atom. The third-order valence-electron chi connectivity index (χ3n) is 3.88. The van der Waals surface area contributed by atoms with E-state index >= 15 is 0 Å². The molecule has 4 heteroatoms. The summed E-state index contributed by atoms with van der Waals surface area (Å²) in [6.45, 7) is 2.15. The highest BCUT2D eigenvalue weighted by Crippen LogP contribution is 2.42. The minimum Gasteiger partial charge on any atom is -0.418 e. The lowest BCUT2D eigenvalue weighted by atomic mass is 9.79. The molecule has 0 amide bonds. The highest BCUT2D eigenvalue weighted by Gasteiger charge is 2.44. The molecule has 18 heavy (non-hydrogen) atoms. The molecule has 1 aliphatic heterocycles. The minimum absolute atomic E-state index is 0.271. The second-order valence-corrected chi connectivity index (χ2v) is 5.22. The number of hydrogen-bond acceptors (Lipinski definition) is 4. The molecule has 1 saturated heterocycles. The van der Waals surface area contributed by atoms with Crippen LogP contribution in [-0.2, 0) is 19.1 Å². The van der Waals surface area contributed by atoms with E-state index in [4.69, 9.17) is 9.47 Å². The van der Waals surface area contributed by atoms with Gasteiger partial charge in [0.2, 0.25) is 0 Å². The summed E-state index contributed by atoms with van der Waals surface area (Å²) in [4.78, 5) is 22.8. The molecule has 0 aromatic rings. The van der Waals surface area contributed by atoms with Gasteiger partial charge in [-0.2, -0.15) is 0 Å². The Morgan fingerprint density at radius 2 is 1.83 bits per heavy atom. The fraction of sp³-hybridized carbons (Fsp3) is 0.571. The first-order chi connectivity index (χ1) is 8.58. The van der Waals surface area contributed by atoms with Crippen LogP contribution in [-0.4, -0.2) is 17.7 Å². The van der Waals surface area contributed by atoms with Gasteiger partial charge < -0.3 is 9.47 Å². The minimum atomic E-state index is -1.12. The van der Waals surface area contributed by atoms with Gasteiger partial charge in [0.15, 0.2) is 0 Å². The zero-order valence-corrected chi connectivity index (χ0v) is 10.5. The molecule has 3 rings (SSSR count). The summed E-state index contributed by atoms with van der Waals surface area (Å²) < 4.78 is 10.6. The lowest BCUT2D eigenvalue weighted by Crippen LogP contribution is -2.45. The first kappa shape index (κ1) is 11.5. The lowest BCUT2D eigenvalue weighted by Gasteiger charge is -2.38. The van der Waals surface area contributed by atoms with Crippen LogP contribution in [0.15, 0.2) is 22.8 Å². The Labute approximate surface area is 106 Å². The summed E-state index contributed by atoms with van der Waals surface area (Å²) in [7, 11) is 0. The molecule has 0 saturated carbocycles. The van der Waals surface area contributed by atoms with Crippen LogP contribution in [0.4, 0.5) is 0 Å². The summed E-state index contributed by atoms with van der Waals surface area (Å²) in [6, 6.07) is 0. The Morgan fingerprint density at radius 1 is 1.11 bits per heavy atom. The van der Waals surface area contributed by atoms with Crippen LogP contribution < -0.4 is 0 Å². The highest BCUT2D eigenvalue weighted by molar-refractivity contribution is 5.93. The molecule has 0 aromatic heterocycles. The van der Waals surface area contributed by atoms with Crippen LogP contribution in [0.25, 0.3) is 0 Å². The molecule has 2 aliphatic carbocycles. The number of carbonyl (C=O) groups is 2. The van der Waals surface area contributed by atoms with E-state index in [1.54, 1.807) is 0 Å². The Hall–Kier alpha value is -1.58. The van der Waals surface area contributed by atoms with Gasteiger partial charge in [0.05, 0.1) is 0 Å². The maximum Gasteiger partial charge on any atom is 0.320 e. The van der Waals surface area contributed by atoms with Crippen molar-refractivity contribution in [2.45, 2.75) is 51.2 Å². The van der Waals surface area contributed by atoms with Crippen LogP contribution in [0.1, 0.15) is 45.4 Å². The van der Waals surface area contributed by atoms with Crippen LogP contribution in [0.5, 0.6) is 0 Å². The molecule has 0 atom stereocenters.